The molecule has 3 aromatic carbocycles. The smallest absolute Gasteiger partial charge is 0.273 e. The lowest BCUT2D eigenvalue weighted by Crippen LogP contribution is -2.52. The highest BCUT2D eigenvalue weighted by molar-refractivity contribution is 5.89. The van der Waals surface area contributed by atoms with Gasteiger partial charge in [-0.05, 0) is 31.4 Å². The van der Waals surface area contributed by atoms with E-state index in [-0.39, 0.29) is 36.5 Å². The fourth-order valence-corrected chi connectivity index (χ4v) is 3.99. The predicted molar refractivity (Wildman–Crippen MR) is 140 cm³/mol. The summed E-state index contributed by atoms with van der Waals surface area (Å²) >= 11 is 0. The van der Waals surface area contributed by atoms with Crippen molar-refractivity contribution < 1.29 is 14.5 Å². The quantitative estimate of drug-likeness (QED) is 0.304. The van der Waals surface area contributed by atoms with Crippen LogP contribution in [0, 0.1) is 17.0 Å². The molecule has 0 bridgehead atoms. The Morgan fingerprint density at radius 2 is 1.58 bits per heavy atom. The first kappa shape index (κ1) is 26.6. The van der Waals surface area contributed by atoms with Crippen LogP contribution in [0.1, 0.15) is 42.5 Å². The fourth-order valence-electron chi connectivity index (χ4n) is 3.99. The van der Waals surface area contributed by atoms with E-state index in [0.717, 1.165) is 23.1 Å². The van der Waals surface area contributed by atoms with Crippen LogP contribution in [0.2, 0.25) is 0 Å². The van der Waals surface area contributed by atoms with Crippen LogP contribution in [0.5, 0.6) is 0 Å². The van der Waals surface area contributed by atoms with E-state index in [9.17, 15) is 19.7 Å². The van der Waals surface area contributed by atoms with Crippen LogP contribution in [-0.4, -0.2) is 33.7 Å². The van der Waals surface area contributed by atoms with Crippen LogP contribution in [-0.2, 0) is 29.0 Å². The highest BCUT2D eigenvalue weighted by Crippen LogP contribution is 2.22. The minimum absolute atomic E-state index is 0.0534. The lowest BCUT2D eigenvalue weighted by atomic mass is 10.0. The zero-order chi connectivity index (χ0) is 26.1. The van der Waals surface area contributed by atoms with Gasteiger partial charge < -0.3 is 10.2 Å². The number of rotatable bonds is 11. The van der Waals surface area contributed by atoms with Gasteiger partial charge in [0.1, 0.15) is 6.04 Å². The number of carbonyl (C=O) groups excluding carboxylic acids is 2. The number of aryl methyl sites for hydroxylation is 1. The van der Waals surface area contributed by atoms with E-state index in [1.807, 2.05) is 75.4 Å². The molecule has 0 aliphatic carbocycles. The Morgan fingerprint density at radius 1 is 0.944 bits per heavy atom. The SMILES string of the molecule is CC[C@@H](C)NC(=O)[C@@H](Cc1ccccc1)N(Cc1ccc(C)cc1)C(=O)Cc1ccccc1[N+](=O)[O-]. The molecule has 0 unspecified atom stereocenters. The van der Waals surface area contributed by atoms with Crippen molar-refractivity contribution in [2.45, 2.75) is 58.7 Å². The van der Waals surface area contributed by atoms with Gasteiger partial charge in [-0.1, -0.05) is 85.3 Å². The van der Waals surface area contributed by atoms with Crippen molar-refractivity contribution in [3.05, 3.63) is 111 Å². The normalized spacial score (nSPS) is 12.4. The summed E-state index contributed by atoms with van der Waals surface area (Å²) in [6, 6.07) is 22.8. The molecule has 2 amide bonds. The summed E-state index contributed by atoms with van der Waals surface area (Å²) < 4.78 is 0. The molecule has 1 N–H and O–H groups in total. The van der Waals surface area contributed by atoms with Crippen LogP contribution in [0.15, 0.2) is 78.9 Å². The van der Waals surface area contributed by atoms with Gasteiger partial charge in [-0.15, -0.1) is 0 Å². The van der Waals surface area contributed by atoms with Crippen LogP contribution in [0.4, 0.5) is 5.69 Å². The van der Waals surface area contributed by atoms with Crippen molar-refractivity contribution in [2.24, 2.45) is 0 Å². The van der Waals surface area contributed by atoms with Gasteiger partial charge >= 0.3 is 0 Å². The van der Waals surface area contributed by atoms with Gasteiger partial charge in [0.05, 0.1) is 11.3 Å². The molecule has 36 heavy (non-hydrogen) atoms. The molecule has 0 aliphatic rings. The monoisotopic (exact) mass is 487 g/mol. The highest BCUT2D eigenvalue weighted by Gasteiger charge is 2.32. The summed E-state index contributed by atoms with van der Waals surface area (Å²) in [6.07, 6.45) is 0.911. The third-order valence-electron chi connectivity index (χ3n) is 6.28. The summed E-state index contributed by atoms with van der Waals surface area (Å²) in [5, 5.41) is 14.6. The summed E-state index contributed by atoms with van der Waals surface area (Å²) in [7, 11) is 0. The van der Waals surface area contributed by atoms with Gasteiger partial charge in [-0.25, -0.2) is 0 Å². The zero-order valence-electron chi connectivity index (χ0n) is 21.0. The Bertz CT molecular complexity index is 1180. The number of nitrogens with zero attached hydrogens (tertiary/aromatic N) is 2. The van der Waals surface area contributed by atoms with Crippen molar-refractivity contribution in [3.8, 4) is 0 Å². The maximum atomic E-state index is 13.8. The molecular formula is C29H33N3O4. The first-order valence-electron chi connectivity index (χ1n) is 12.2. The highest BCUT2D eigenvalue weighted by atomic mass is 16.6. The Morgan fingerprint density at radius 3 is 2.22 bits per heavy atom. The molecule has 0 radical (unpaired) electrons. The van der Waals surface area contributed by atoms with Gasteiger partial charge in [0.25, 0.3) is 5.69 Å². The first-order valence-corrected chi connectivity index (χ1v) is 12.2. The second-order valence-electron chi connectivity index (χ2n) is 9.09. The van der Waals surface area contributed by atoms with Gasteiger partial charge in [-0.2, -0.15) is 0 Å². The van der Waals surface area contributed by atoms with E-state index in [0.29, 0.717) is 12.0 Å². The van der Waals surface area contributed by atoms with Crippen molar-refractivity contribution >= 4 is 17.5 Å². The fraction of sp³-hybridized carbons (Fsp3) is 0.310. The number of nitro groups is 1. The summed E-state index contributed by atoms with van der Waals surface area (Å²) in [5.41, 5.74) is 3.11. The van der Waals surface area contributed by atoms with Gasteiger partial charge in [0.2, 0.25) is 11.8 Å². The molecule has 3 rings (SSSR count). The number of nitrogens with one attached hydrogen (secondary N) is 1. The number of benzene rings is 3. The Balaban J connectivity index is 2.01. The maximum Gasteiger partial charge on any atom is 0.273 e. The average molecular weight is 488 g/mol. The van der Waals surface area contributed by atoms with E-state index in [2.05, 4.69) is 5.32 Å². The molecule has 3 aromatic rings. The number of para-hydroxylation sites is 1. The number of amides is 2. The van der Waals surface area contributed by atoms with Crippen molar-refractivity contribution in [1.82, 2.24) is 10.2 Å². The number of hydrogen-bond donors (Lipinski definition) is 1. The minimum atomic E-state index is -0.780. The largest absolute Gasteiger partial charge is 0.352 e. The number of hydrogen-bond acceptors (Lipinski definition) is 4. The topological polar surface area (TPSA) is 92.6 Å². The molecule has 7 nitrogen and oxygen atoms in total. The second-order valence-corrected chi connectivity index (χ2v) is 9.09. The lowest BCUT2D eigenvalue weighted by molar-refractivity contribution is -0.385. The summed E-state index contributed by atoms with van der Waals surface area (Å²) in [6.45, 7) is 6.11. The summed E-state index contributed by atoms with van der Waals surface area (Å²) in [5.74, 6) is -0.582. The Kier molecular flexibility index (Phi) is 9.33. The molecular weight excluding hydrogens is 454 g/mol. The molecule has 188 valence electrons. The van der Waals surface area contributed by atoms with E-state index < -0.39 is 11.0 Å². The molecule has 0 aromatic heterocycles. The Labute approximate surface area is 212 Å². The average Bonchev–Trinajstić information content (AvgIpc) is 2.87. The van der Waals surface area contributed by atoms with E-state index in [4.69, 9.17) is 0 Å². The zero-order valence-corrected chi connectivity index (χ0v) is 21.0. The molecule has 7 heteroatoms. The van der Waals surface area contributed by atoms with Crippen LogP contribution < -0.4 is 5.32 Å². The van der Waals surface area contributed by atoms with Gasteiger partial charge in [0.15, 0.2) is 0 Å². The molecule has 0 heterocycles. The molecule has 2 atom stereocenters. The second kappa shape index (κ2) is 12.6. The Hall–Kier alpha value is -4.00. The standard InChI is InChI=1S/C29H33N3O4/c1-4-22(3)30-29(34)27(18-23-10-6-5-7-11-23)31(20-24-16-14-21(2)15-17-24)28(33)19-25-12-8-9-13-26(25)32(35)36/h5-17,22,27H,4,18-20H2,1-3H3,(H,30,34)/t22-,27-/m1/s1. The predicted octanol–water partition coefficient (Wildman–Crippen LogP) is 5.00. The third-order valence-corrected chi connectivity index (χ3v) is 6.28. The lowest BCUT2D eigenvalue weighted by Gasteiger charge is -2.32. The number of carbonyl (C=O) groups is 2. The minimum Gasteiger partial charge on any atom is -0.352 e. The van der Waals surface area contributed by atoms with Crippen molar-refractivity contribution in [1.29, 1.82) is 0 Å². The van der Waals surface area contributed by atoms with Gasteiger partial charge in [0, 0.05) is 30.6 Å². The number of nitro benzene ring substituents is 1. The molecule has 0 aliphatic heterocycles. The first-order chi connectivity index (χ1) is 17.3. The maximum absolute atomic E-state index is 13.8. The van der Waals surface area contributed by atoms with Gasteiger partial charge in [-0.3, -0.25) is 19.7 Å². The molecule has 0 saturated heterocycles. The summed E-state index contributed by atoms with van der Waals surface area (Å²) in [4.78, 5) is 39.9. The van der Waals surface area contributed by atoms with E-state index in [1.165, 1.54) is 6.07 Å². The molecule has 0 fully saturated rings. The van der Waals surface area contributed by atoms with E-state index in [1.54, 1.807) is 23.1 Å². The van der Waals surface area contributed by atoms with Crippen molar-refractivity contribution in [2.75, 3.05) is 0 Å². The van der Waals surface area contributed by atoms with Crippen LogP contribution in [0.3, 0.4) is 0 Å². The molecule has 0 saturated carbocycles. The van der Waals surface area contributed by atoms with Crippen LogP contribution >= 0.6 is 0 Å². The molecule has 0 spiro atoms. The van der Waals surface area contributed by atoms with Crippen molar-refractivity contribution in [3.63, 3.8) is 0 Å². The van der Waals surface area contributed by atoms with E-state index >= 15 is 0 Å². The van der Waals surface area contributed by atoms with Crippen LogP contribution in [0.25, 0.3) is 0 Å². The third kappa shape index (κ3) is 7.25.